The topological polar surface area (TPSA) is 69.7 Å². The van der Waals surface area contributed by atoms with Crippen LogP contribution in [0.2, 0.25) is 0 Å². The number of methoxy groups -OCH3 is 1. The summed E-state index contributed by atoms with van der Waals surface area (Å²) in [5.41, 5.74) is 1.49. The summed E-state index contributed by atoms with van der Waals surface area (Å²) < 4.78 is 10.7. The summed E-state index contributed by atoms with van der Waals surface area (Å²) in [5, 5.41) is -0.347. The fraction of sp³-hybridized carbons (Fsp3) is 0.250. The van der Waals surface area contributed by atoms with Crippen molar-refractivity contribution >= 4 is 28.4 Å². The summed E-state index contributed by atoms with van der Waals surface area (Å²) in [7, 11) is 1.55. The van der Waals surface area contributed by atoms with E-state index in [1.807, 2.05) is 12.1 Å². The van der Waals surface area contributed by atoms with Crippen molar-refractivity contribution in [3.8, 4) is 11.5 Å². The molecule has 0 aromatic heterocycles. The van der Waals surface area contributed by atoms with E-state index in [0.29, 0.717) is 23.5 Å². The summed E-state index contributed by atoms with van der Waals surface area (Å²) in [6.45, 7) is -0.0714. The first kappa shape index (κ1) is 18.2. The van der Waals surface area contributed by atoms with E-state index in [4.69, 9.17) is 9.47 Å². The smallest absolute Gasteiger partial charge is 0.200 e. The number of ketones is 2. The van der Waals surface area contributed by atoms with Gasteiger partial charge >= 0.3 is 0 Å². The molecule has 0 saturated carbocycles. The minimum atomic E-state index is -0.288. The first-order valence-electron chi connectivity index (χ1n) is 8.16. The maximum atomic E-state index is 12.2. The first-order chi connectivity index (χ1) is 12.5. The van der Waals surface area contributed by atoms with Gasteiger partial charge < -0.3 is 9.47 Å². The van der Waals surface area contributed by atoms with Crippen LogP contribution in [-0.2, 0) is 16.0 Å². The highest BCUT2D eigenvalue weighted by atomic mass is 32.2. The molecule has 1 fully saturated rings. The molecule has 3 rings (SSSR count). The van der Waals surface area contributed by atoms with Crippen LogP contribution >= 0.6 is 11.8 Å². The Balaban J connectivity index is 1.55. The van der Waals surface area contributed by atoms with E-state index in [-0.39, 0.29) is 35.0 Å². The Morgan fingerprint density at radius 2 is 1.88 bits per heavy atom. The van der Waals surface area contributed by atoms with E-state index in [0.717, 1.165) is 17.3 Å². The number of hydrogen-bond acceptors (Lipinski definition) is 6. The molecule has 2 aromatic carbocycles. The first-order valence-corrected chi connectivity index (χ1v) is 9.04. The van der Waals surface area contributed by atoms with Crippen molar-refractivity contribution in [2.24, 2.45) is 0 Å². The summed E-state index contributed by atoms with van der Waals surface area (Å²) in [4.78, 5) is 35.2. The van der Waals surface area contributed by atoms with Crippen LogP contribution in [0.15, 0.2) is 48.5 Å². The number of Topliss-reactive ketones (excluding diaryl/α,β-unsaturated/α-hetero) is 2. The lowest BCUT2D eigenvalue weighted by atomic mass is 10.1. The van der Waals surface area contributed by atoms with Crippen molar-refractivity contribution < 1.29 is 23.9 Å². The highest BCUT2D eigenvalue weighted by Gasteiger charge is 2.31. The molecular formula is C20H18O5S. The van der Waals surface area contributed by atoms with E-state index >= 15 is 0 Å². The molecule has 6 heteroatoms. The highest BCUT2D eigenvalue weighted by Crippen LogP contribution is 2.28. The Labute approximate surface area is 155 Å². The number of hydrogen-bond donors (Lipinski definition) is 0. The molecule has 2 aromatic rings. The van der Waals surface area contributed by atoms with Gasteiger partial charge in [-0.1, -0.05) is 36.0 Å². The van der Waals surface area contributed by atoms with Gasteiger partial charge in [0.15, 0.2) is 23.3 Å². The molecule has 5 nitrogen and oxygen atoms in total. The van der Waals surface area contributed by atoms with Crippen LogP contribution in [0.1, 0.15) is 22.3 Å². The van der Waals surface area contributed by atoms with E-state index in [9.17, 15) is 14.4 Å². The Morgan fingerprint density at radius 3 is 2.54 bits per heavy atom. The van der Waals surface area contributed by atoms with Gasteiger partial charge in [-0.25, -0.2) is 0 Å². The van der Waals surface area contributed by atoms with Gasteiger partial charge in [0.05, 0.1) is 18.8 Å². The molecule has 1 heterocycles. The number of carbonyl (C=O) groups excluding carboxylic acids is 3. The third-order valence-corrected chi connectivity index (χ3v) is 5.18. The van der Waals surface area contributed by atoms with Crippen LogP contribution < -0.4 is 9.47 Å². The maximum absolute atomic E-state index is 12.2. The molecule has 0 aliphatic carbocycles. The molecule has 1 atom stereocenters. The fourth-order valence-electron chi connectivity index (χ4n) is 2.64. The lowest BCUT2D eigenvalue weighted by Crippen LogP contribution is -2.13. The zero-order valence-corrected chi connectivity index (χ0v) is 15.1. The Morgan fingerprint density at radius 1 is 1.12 bits per heavy atom. The van der Waals surface area contributed by atoms with Crippen LogP contribution in [0, 0.1) is 0 Å². The summed E-state index contributed by atoms with van der Waals surface area (Å²) in [5.74, 6) is 1.05. The van der Waals surface area contributed by atoms with Gasteiger partial charge in [-0.05, 0) is 36.2 Å². The van der Waals surface area contributed by atoms with Crippen LogP contribution in [0.5, 0.6) is 11.5 Å². The second kappa shape index (κ2) is 8.19. The molecule has 26 heavy (non-hydrogen) atoms. The summed E-state index contributed by atoms with van der Waals surface area (Å²) >= 11 is 1.11. The van der Waals surface area contributed by atoms with Crippen LogP contribution in [-0.4, -0.2) is 35.6 Å². The molecule has 0 spiro atoms. The largest absolute Gasteiger partial charge is 0.497 e. The monoisotopic (exact) mass is 370 g/mol. The van der Waals surface area contributed by atoms with Crippen molar-refractivity contribution in [2.45, 2.75) is 18.1 Å². The molecule has 0 amide bonds. The molecule has 0 radical (unpaired) electrons. The third-order valence-electron chi connectivity index (χ3n) is 4.06. The maximum Gasteiger partial charge on any atom is 0.200 e. The number of rotatable bonds is 7. The van der Waals surface area contributed by atoms with Gasteiger partial charge in [0.1, 0.15) is 11.5 Å². The van der Waals surface area contributed by atoms with Crippen molar-refractivity contribution in [3.05, 3.63) is 59.7 Å². The van der Waals surface area contributed by atoms with Gasteiger partial charge in [-0.15, -0.1) is 0 Å². The van der Waals surface area contributed by atoms with Crippen molar-refractivity contribution in [1.29, 1.82) is 0 Å². The SMILES string of the molecule is COc1cccc(C(=O)COc2ccc(CC3SC(=O)CC3=O)cc2)c1. The van der Waals surface area contributed by atoms with Crippen molar-refractivity contribution in [1.82, 2.24) is 0 Å². The van der Waals surface area contributed by atoms with Crippen LogP contribution in [0.3, 0.4) is 0 Å². The normalized spacial score (nSPS) is 16.6. The lowest BCUT2D eigenvalue weighted by Gasteiger charge is -2.09. The van der Waals surface area contributed by atoms with E-state index in [2.05, 4.69) is 0 Å². The minimum absolute atomic E-state index is 0.00999. The van der Waals surface area contributed by atoms with E-state index in [1.165, 1.54) is 0 Å². The number of thioether (sulfide) groups is 1. The molecule has 134 valence electrons. The Bertz CT molecular complexity index is 828. The van der Waals surface area contributed by atoms with Gasteiger partial charge in [0.2, 0.25) is 0 Å². The molecule has 1 aliphatic heterocycles. The average Bonchev–Trinajstić information content (AvgIpc) is 2.97. The fourth-order valence-corrected chi connectivity index (χ4v) is 3.68. The number of carbonyl (C=O) groups is 3. The number of benzene rings is 2. The standard InChI is InChI=1S/C20H18O5S/c1-24-16-4-2-3-14(10-16)18(22)12-25-15-7-5-13(6-8-15)9-19-17(21)11-20(23)26-19/h2-8,10,19H,9,11-12H2,1H3. The van der Waals surface area contributed by atoms with Gasteiger partial charge in [-0.3, -0.25) is 14.4 Å². The Kier molecular flexibility index (Phi) is 5.73. The second-order valence-electron chi connectivity index (χ2n) is 5.91. The summed E-state index contributed by atoms with van der Waals surface area (Å²) in [6, 6.07) is 14.1. The van der Waals surface area contributed by atoms with Crippen molar-refractivity contribution in [2.75, 3.05) is 13.7 Å². The van der Waals surface area contributed by atoms with Gasteiger partial charge in [0.25, 0.3) is 0 Å². The average molecular weight is 370 g/mol. The predicted molar refractivity (Wildman–Crippen MR) is 99.0 cm³/mol. The van der Waals surface area contributed by atoms with Crippen LogP contribution in [0.25, 0.3) is 0 Å². The quantitative estimate of drug-likeness (QED) is 0.551. The van der Waals surface area contributed by atoms with Gasteiger partial charge in [-0.2, -0.15) is 0 Å². The second-order valence-corrected chi connectivity index (χ2v) is 7.17. The molecular weight excluding hydrogens is 352 g/mol. The molecule has 1 unspecified atom stereocenters. The number of ether oxygens (including phenoxy) is 2. The molecule has 1 aliphatic rings. The minimum Gasteiger partial charge on any atom is -0.497 e. The lowest BCUT2D eigenvalue weighted by molar-refractivity contribution is -0.121. The summed E-state index contributed by atoms with van der Waals surface area (Å²) in [6.07, 6.45) is 0.557. The third kappa shape index (κ3) is 4.52. The zero-order chi connectivity index (χ0) is 18.5. The van der Waals surface area contributed by atoms with E-state index in [1.54, 1.807) is 43.5 Å². The highest BCUT2D eigenvalue weighted by molar-refractivity contribution is 8.15. The molecule has 1 saturated heterocycles. The molecule has 0 bridgehead atoms. The van der Waals surface area contributed by atoms with Crippen molar-refractivity contribution in [3.63, 3.8) is 0 Å². The molecule has 0 N–H and O–H groups in total. The Hall–Kier alpha value is -2.60. The van der Waals surface area contributed by atoms with Crippen LogP contribution in [0.4, 0.5) is 0 Å². The predicted octanol–water partition coefficient (Wildman–Crippen LogP) is 3.10. The zero-order valence-electron chi connectivity index (χ0n) is 14.3. The van der Waals surface area contributed by atoms with Gasteiger partial charge in [0, 0.05) is 5.56 Å². The van der Waals surface area contributed by atoms with E-state index < -0.39 is 0 Å².